The minimum Gasteiger partial charge on any atom is -0.394 e. The molecule has 16 heavy (non-hydrogen) atoms. The Morgan fingerprint density at radius 2 is 2.19 bits per heavy atom. The topological polar surface area (TPSA) is 52.6 Å². The van der Waals surface area contributed by atoms with Gasteiger partial charge in [0, 0.05) is 6.54 Å². The van der Waals surface area contributed by atoms with E-state index in [9.17, 15) is 18.0 Å². The minimum atomic E-state index is -4.30. The van der Waals surface area contributed by atoms with Gasteiger partial charge in [-0.1, -0.05) is 0 Å². The molecule has 0 radical (unpaired) electrons. The molecule has 1 aliphatic heterocycles. The summed E-state index contributed by atoms with van der Waals surface area (Å²) in [7, 11) is 0. The Hall–Kier alpha value is -0.820. The third kappa shape index (κ3) is 3.97. The van der Waals surface area contributed by atoms with Crippen LogP contribution < -0.4 is 5.32 Å². The summed E-state index contributed by atoms with van der Waals surface area (Å²) in [4.78, 5) is 12.9. The van der Waals surface area contributed by atoms with Crippen molar-refractivity contribution in [3.63, 3.8) is 0 Å². The first kappa shape index (κ1) is 13.2. The predicted molar refractivity (Wildman–Crippen MR) is 50.7 cm³/mol. The SMILES string of the molecule is O=C(CNCC(F)(F)F)N1CCCC1CO. The van der Waals surface area contributed by atoms with Crippen molar-refractivity contribution >= 4 is 5.91 Å². The smallest absolute Gasteiger partial charge is 0.394 e. The fourth-order valence-electron chi connectivity index (χ4n) is 1.77. The molecule has 1 rings (SSSR count). The van der Waals surface area contributed by atoms with Crippen molar-refractivity contribution in [2.45, 2.75) is 25.1 Å². The van der Waals surface area contributed by atoms with Gasteiger partial charge in [-0.25, -0.2) is 0 Å². The third-order valence-corrected chi connectivity index (χ3v) is 2.51. The molecule has 1 amide bonds. The lowest BCUT2D eigenvalue weighted by atomic mass is 10.2. The standard InChI is InChI=1S/C9H15F3N2O2/c10-9(11,12)6-13-4-8(16)14-3-1-2-7(14)5-15/h7,13,15H,1-6H2. The maximum atomic E-state index is 11.8. The molecule has 0 aliphatic carbocycles. The molecule has 1 heterocycles. The van der Waals surface area contributed by atoms with E-state index in [2.05, 4.69) is 0 Å². The highest BCUT2D eigenvalue weighted by Crippen LogP contribution is 2.16. The normalized spacial score (nSPS) is 21.5. The number of amides is 1. The monoisotopic (exact) mass is 240 g/mol. The number of alkyl halides is 3. The van der Waals surface area contributed by atoms with Crippen molar-refractivity contribution in [2.24, 2.45) is 0 Å². The molecular weight excluding hydrogens is 225 g/mol. The van der Waals surface area contributed by atoms with Gasteiger partial charge in [-0.3, -0.25) is 4.79 Å². The van der Waals surface area contributed by atoms with Gasteiger partial charge in [-0.2, -0.15) is 13.2 Å². The Morgan fingerprint density at radius 3 is 2.75 bits per heavy atom. The number of carbonyl (C=O) groups is 1. The zero-order chi connectivity index (χ0) is 12.2. The van der Waals surface area contributed by atoms with E-state index in [0.717, 1.165) is 6.42 Å². The first-order valence-electron chi connectivity index (χ1n) is 5.12. The highest BCUT2D eigenvalue weighted by molar-refractivity contribution is 5.78. The molecule has 0 aromatic rings. The van der Waals surface area contributed by atoms with Crippen molar-refractivity contribution in [1.29, 1.82) is 0 Å². The van der Waals surface area contributed by atoms with Crippen molar-refractivity contribution in [3.05, 3.63) is 0 Å². The number of likely N-dealkylation sites (tertiary alicyclic amines) is 1. The summed E-state index contributed by atoms with van der Waals surface area (Å²) < 4.78 is 35.4. The van der Waals surface area contributed by atoms with Gasteiger partial charge < -0.3 is 15.3 Å². The maximum absolute atomic E-state index is 11.8. The molecule has 1 aliphatic rings. The van der Waals surface area contributed by atoms with Crippen LogP contribution in [0.25, 0.3) is 0 Å². The quantitative estimate of drug-likeness (QED) is 0.734. The molecule has 4 nitrogen and oxygen atoms in total. The summed E-state index contributed by atoms with van der Waals surface area (Å²) in [5.74, 6) is -0.388. The first-order valence-corrected chi connectivity index (χ1v) is 5.12. The number of rotatable bonds is 4. The zero-order valence-electron chi connectivity index (χ0n) is 8.76. The molecule has 1 atom stereocenters. The first-order chi connectivity index (χ1) is 7.44. The van der Waals surface area contributed by atoms with Crippen LogP contribution >= 0.6 is 0 Å². The molecule has 0 bridgehead atoms. The molecule has 94 valence electrons. The number of halogens is 3. The van der Waals surface area contributed by atoms with Gasteiger partial charge in [0.2, 0.25) is 5.91 Å². The molecule has 1 fully saturated rings. The van der Waals surface area contributed by atoms with E-state index in [1.165, 1.54) is 4.90 Å². The average molecular weight is 240 g/mol. The van der Waals surface area contributed by atoms with Crippen LogP contribution in [0.15, 0.2) is 0 Å². The van der Waals surface area contributed by atoms with Crippen LogP contribution in [0.1, 0.15) is 12.8 Å². The molecule has 1 saturated heterocycles. The molecule has 0 aromatic heterocycles. The van der Waals surface area contributed by atoms with E-state index >= 15 is 0 Å². The highest BCUT2D eigenvalue weighted by Gasteiger charge is 2.30. The molecule has 0 aromatic carbocycles. The number of hydrogen-bond acceptors (Lipinski definition) is 3. The summed E-state index contributed by atoms with van der Waals surface area (Å²) in [5.41, 5.74) is 0. The lowest BCUT2D eigenvalue weighted by molar-refractivity contribution is -0.135. The Bertz CT molecular complexity index is 245. The Labute approximate surface area is 91.4 Å². The Kier molecular flexibility index (Phi) is 4.55. The molecule has 0 saturated carbocycles. The van der Waals surface area contributed by atoms with Crippen LogP contribution in [-0.2, 0) is 4.79 Å². The third-order valence-electron chi connectivity index (χ3n) is 2.51. The number of aliphatic hydroxyl groups is 1. The van der Waals surface area contributed by atoms with Crippen LogP contribution in [0.5, 0.6) is 0 Å². The molecule has 7 heteroatoms. The van der Waals surface area contributed by atoms with Crippen molar-refractivity contribution in [1.82, 2.24) is 10.2 Å². The van der Waals surface area contributed by atoms with Gasteiger partial charge in [-0.15, -0.1) is 0 Å². The average Bonchev–Trinajstić information content (AvgIpc) is 2.63. The van der Waals surface area contributed by atoms with Crippen LogP contribution in [0.3, 0.4) is 0 Å². The van der Waals surface area contributed by atoms with Gasteiger partial charge in [0.25, 0.3) is 0 Å². The Balaban J connectivity index is 2.29. The van der Waals surface area contributed by atoms with E-state index in [4.69, 9.17) is 5.11 Å². The molecule has 2 N–H and O–H groups in total. The second kappa shape index (κ2) is 5.49. The molecule has 1 unspecified atom stereocenters. The van der Waals surface area contributed by atoms with Crippen molar-refractivity contribution in [3.8, 4) is 0 Å². The highest BCUT2D eigenvalue weighted by atomic mass is 19.4. The Morgan fingerprint density at radius 1 is 1.50 bits per heavy atom. The van der Waals surface area contributed by atoms with E-state index in [-0.39, 0.29) is 25.1 Å². The summed E-state index contributed by atoms with van der Waals surface area (Å²) in [6, 6.07) is -0.236. The number of aliphatic hydroxyl groups excluding tert-OH is 1. The number of nitrogens with one attached hydrogen (secondary N) is 1. The van der Waals surface area contributed by atoms with Gasteiger partial charge >= 0.3 is 6.18 Å². The summed E-state index contributed by atoms with van der Waals surface area (Å²) in [6.07, 6.45) is -2.81. The van der Waals surface area contributed by atoms with Crippen molar-refractivity contribution in [2.75, 3.05) is 26.2 Å². The van der Waals surface area contributed by atoms with E-state index in [1.807, 2.05) is 5.32 Å². The van der Waals surface area contributed by atoms with E-state index in [1.54, 1.807) is 0 Å². The fraction of sp³-hybridized carbons (Fsp3) is 0.889. The zero-order valence-corrected chi connectivity index (χ0v) is 8.76. The van der Waals surface area contributed by atoms with Gasteiger partial charge in [0.15, 0.2) is 0 Å². The molecule has 0 spiro atoms. The van der Waals surface area contributed by atoms with Gasteiger partial charge in [0.05, 0.1) is 25.7 Å². The summed E-state index contributed by atoms with van der Waals surface area (Å²) >= 11 is 0. The predicted octanol–water partition coefficient (Wildman–Crippen LogP) is 0.122. The second-order valence-electron chi connectivity index (χ2n) is 3.78. The fourth-order valence-corrected chi connectivity index (χ4v) is 1.77. The van der Waals surface area contributed by atoms with Crippen LogP contribution in [0, 0.1) is 0 Å². The van der Waals surface area contributed by atoms with Crippen molar-refractivity contribution < 1.29 is 23.1 Å². The summed E-state index contributed by atoms with van der Waals surface area (Å²) in [6.45, 7) is -1.13. The number of carbonyl (C=O) groups excluding carboxylic acids is 1. The largest absolute Gasteiger partial charge is 0.401 e. The van der Waals surface area contributed by atoms with E-state index < -0.39 is 12.7 Å². The number of nitrogens with zero attached hydrogens (tertiary/aromatic N) is 1. The van der Waals surface area contributed by atoms with Crippen LogP contribution in [0.2, 0.25) is 0 Å². The lowest BCUT2D eigenvalue weighted by Crippen LogP contribution is -2.44. The summed E-state index contributed by atoms with van der Waals surface area (Å²) in [5, 5.41) is 11.0. The molecular formula is C9H15F3N2O2. The van der Waals surface area contributed by atoms with E-state index in [0.29, 0.717) is 13.0 Å². The minimum absolute atomic E-state index is 0.134. The second-order valence-corrected chi connectivity index (χ2v) is 3.78. The lowest BCUT2D eigenvalue weighted by Gasteiger charge is -2.23. The van der Waals surface area contributed by atoms with Crippen LogP contribution in [0.4, 0.5) is 13.2 Å². The van der Waals surface area contributed by atoms with Gasteiger partial charge in [-0.05, 0) is 12.8 Å². The van der Waals surface area contributed by atoms with Crippen LogP contribution in [-0.4, -0.2) is 54.4 Å². The van der Waals surface area contributed by atoms with Gasteiger partial charge in [0.1, 0.15) is 0 Å². The number of hydrogen-bond donors (Lipinski definition) is 2. The maximum Gasteiger partial charge on any atom is 0.401 e.